The highest BCUT2D eigenvalue weighted by Crippen LogP contribution is 2.33. The van der Waals surface area contributed by atoms with Gasteiger partial charge in [0.05, 0.1) is 6.10 Å². The van der Waals surface area contributed by atoms with Gasteiger partial charge in [0, 0.05) is 5.02 Å². The zero-order valence-corrected chi connectivity index (χ0v) is 10.8. The summed E-state index contributed by atoms with van der Waals surface area (Å²) in [6.07, 6.45) is 2.71. The molecule has 2 aromatic carbocycles. The van der Waals surface area contributed by atoms with Crippen LogP contribution in [0.3, 0.4) is 0 Å². The number of hydrogen-bond acceptors (Lipinski definition) is 1. The van der Waals surface area contributed by atoms with E-state index >= 15 is 0 Å². The fourth-order valence-electron chi connectivity index (χ4n) is 2.64. The summed E-state index contributed by atoms with van der Waals surface area (Å²) in [5.41, 5.74) is 4.66. The predicted octanol–water partition coefficient (Wildman–Crippen LogP) is 4.38. The van der Waals surface area contributed by atoms with Gasteiger partial charge >= 0.3 is 0 Å². The molecule has 0 aromatic heterocycles. The molecule has 3 rings (SSSR count). The standard InChI is InChI=1S/C16H15ClO/c17-14-5-1-3-11(10-14)12-7-8-15-13(9-12)4-2-6-16(15)18/h1,3,5,7-10,16,18H,2,4,6H2/t16-/m0/s1. The van der Waals surface area contributed by atoms with Crippen LogP contribution < -0.4 is 0 Å². The predicted molar refractivity (Wildman–Crippen MR) is 74.8 cm³/mol. The van der Waals surface area contributed by atoms with E-state index in [1.165, 1.54) is 11.1 Å². The smallest absolute Gasteiger partial charge is 0.0792 e. The van der Waals surface area contributed by atoms with Crippen molar-refractivity contribution in [3.63, 3.8) is 0 Å². The van der Waals surface area contributed by atoms with Gasteiger partial charge in [-0.2, -0.15) is 0 Å². The van der Waals surface area contributed by atoms with Crippen molar-refractivity contribution >= 4 is 11.6 Å². The van der Waals surface area contributed by atoms with Gasteiger partial charge in [-0.25, -0.2) is 0 Å². The van der Waals surface area contributed by atoms with E-state index in [4.69, 9.17) is 11.6 Å². The summed E-state index contributed by atoms with van der Waals surface area (Å²) in [4.78, 5) is 0. The molecule has 92 valence electrons. The van der Waals surface area contributed by atoms with Gasteiger partial charge < -0.3 is 5.11 Å². The highest BCUT2D eigenvalue weighted by Gasteiger charge is 2.17. The second-order valence-electron chi connectivity index (χ2n) is 4.83. The summed E-state index contributed by atoms with van der Waals surface area (Å²) in [6.45, 7) is 0. The second-order valence-corrected chi connectivity index (χ2v) is 5.27. The van der Waals surface area contributed by atoms with Crippen LogP contribution in [0.2, 0.25) is 5.02 Å². The Hall–Kier alpha value is -1.31. The van der Waals surface area contributed by atoms with E-state index in [-0.39, 0.29) is 6.10 Å². The quantitative estimate of drug-likeness (QED) is 0.805. The Morgan fingerprint density at radius 1 is 1.06 bits per heavy atom. The lowest BCUT2D eigenvalue weighted by atomic mass is 9.87. The van der Waals surface area contributed by atoms with Crippen molar-refractivity contribution in [1.82, 2.24) is 0 Å². The van der Waals surface area contributed by atoms with E-state index in [1.807, 2.05) is 18.2 Å². The molecule has 0 radical (unpaired) electrons. The topological polar surface area (TPSA) is 20.2 Å². The fraction of sp³-hybridized carbons (Fsp3) is 0.250. The summed E-state index contributed by atoms with van der Waals surface area (Å²) in [7, 11) is 0. The van der Waals surface area contributed by atoms with Gasteiger partial charge in [-0.3, -0.25) is 0 Å². The fourth-order valence-corrected chi connectivity index (χ4v) is 2.83. The van der Waals surface area contributed by atoms with Crippen molar-refractivity contribution in [2.75, 3.05) is 0 Å². The third kappa shape index (κ3) is 2.16. The third-order valence-corrected chi connectivity index (χ3v) is 3.82. The number of aliphatic hydroxyl groups is 1. The minimum atomic E-state index is -0.290. The Kier molecular flexibility index (Phi) is 3.11. The Labute approximate surface area is 112 Å². The molecule has 0 unspecified atom stereocenters. The van der Waals surface area contributed by atoms with Crippen LogP contribution in [0.15, 0.2) is 42.5 Å². The molecular formula is C16H15ClO. The second kappa shape index (κ2) is 4.75. The monoisotopic (exact) mass is 258 g/mol. The van der Waals surface area contributed by atoms with Gasteiger partial charge in [-0.15, -0.1) is 0 Å². The molecule has 0 spiro atoms. The molecule has 0 saturated carbocycles. The number of fused-ring (bicyclic) bond motifs is 1. The Balaban J connectivity index is 2.04. The van der Waals surface area contributed by atoms with Gasteiger partial charge in [0.1, 0.15) is 0 Å². The van der Waals surface area contributed by atoms with Crippen LogP contribution in [0, 0.1) is 0 Å². The molecule has 2 aromatic rings. The molecule has 0 aliphatic heterocycles. The molecule has 2 heteroatoms. The highest BCUT2D eigenvalue weighted by molar-refractivity contribution is 6.30. The third-order valence-electron chi connectivity index (χ3n) is 3.58. The van der Waals surface area contributed by atoms with Crippen molar-refractivity contribution in [2.24, 2.45) is 0 Å². The SMILES string of the molecule is O[C@H]1CCCc2cc(-c3cccc(Cl)c3)ccc21. The molecule has 0 heterocycles. The molecule has 1 aliphatic carbocycles. The van der Waals surface area contributed by atoms with E-state index in [1.54, 1.807) is 0 Å². The van der Waals surface area contributed by atoms with E-state index in [9.17, 15) is 5.11 Å². The van der Waals surface area contributed by atoms with Crippen molar-refractivity contribution in [3.8, 4) is 11.1 Å². The van der Waals surface area contributed by atoms with E-state index in [0.717, 1.165) is 35.4 Å². The first-order valence-corrected chi connectivity index (χ1v) is 6.69. The average molecular weight is 259 g/mol. The van der Waals surface area contributed by atoms with Crippen molar-refractivity contribution in [2.45, 2.75) is 25.4 Å². The molecule has 1 aliphatic rings. The molecule has 1 nitrogen and oxygen atoms in total. The number of aryl methyl sites for hydroxylation is 1. The van der Waals surface area contributed by atoms with Crippen LogP contribution in [-0.4, -0.2) is 5.11 Å². The van der Waals surface area contributed by atoms with Gasteiger partial charge in [0.25, 0.3) is 0 Å². The minimum Gasteiger partial charge on any atom is -0.388 e. The molecule has 0 amide bonds. The molecule has 18 heavy (non-hydrogen) atoms. The van der Waals surface area contributed by atoms with Crippen LogP contribution in [0.5, 0.6) is 0 Å². The number of rotatable bonds is 1. The molecule has 1 N–H and O–H groups in total. The van der Waals surface area contributed by atoms with Crippen molar-refractivity contribution in [1.29, 1.82) is 0 Å². The summed E-state index contributed by atoms with van der Waals surface area (Å²) in [5.74, 6) is 0. The molecule has 0 fully saturated rings. The number of hydrogen-bond donors (Lipinski definition) is 1. The Bertz CT molecular complexity index is 577. The number of halogens is 1. The average Bonchev–Trinajstić information content (AvgIpc) is 2.39. The Morgan fingerprint density at radius 3 is 2.72 bits per heavy atom. The zero-order valence-electron chi connectivity index (χ0n) is 10.1. The van der Waals surface area contributed by atoms with Crippen LogP contribution >= 0.6 is 11.6 Å². The summed E-state index contributed by atoms with van der Waals surface area (Å²) >= 11 is 6.02. The van der Waals surface area contributed by atoms with Crippen LogP contribution in [0.1, 0.15) is 30.1 Å². The summed E-state index contributed by atoms with van der Waals surface area (Å²) < 4.78 is 0. The summed E-state index contributed by atoms with van der Waals surface area (Å²) in [6, 6.07) is 14.2. The van der Waals surface area contributed by atoms with E-state index in [2.05, 4.69) is 24.3 Å². The largest absolute Gasteiger partial charge is 0.388 e. The summed E-state index contributed by atoms with van der Waals surface area (Å²) in [5, 5.41) is 10.7. The van der Waals surface area contributed by atoms with Crippen LogP contribution in [0.25, 0.3) is 11.1 Å². The van der Waals surface area contributed by atoms with Crippen molar-refractivity contribution < 1.29 is 5.11 Å². The first-order chi connectivity index (χ1) is 8.74. The van der Waals surface area contributed by atoms with E-state index in [0.29, 0.717) is 0 Å². The first kappa shape index (κ1) is 11.8. The lowest BCUT2D eigenvalue weighted by molar-refractivity contribution is 0.156. The highest BCUT2D eigenvalue weighted by atomic mass is 35.5. The van der Waals surface area contributed by atoms with Gasteiger partial charge in [0.15, 0.2) is 0 Å². The molecule has 0 saturated heterocycles. The number of aliphatic hydroxyl groups excluding tert-OH is 1. The number of benzene rings is 2. The Morgan fingerprint density at radius 2 is 1.89 bits per heavy atom. The lowest BCUT2D eigenvalue weighted by Crippen LogP contribution is -2.08. The van der Waals surface area contributed by atoms with Gasteiger partial charge in [-0.05, 0) is 53.6 Å². The normalized spacial score (nSPS) is 18.4. The van der Waals surface area contributed by atoms with E-state index < -0.39 is 0 Å². The van der Waals surface area contributed by atoms with Gasteiger partial charge in [-0.1, -0.05) is 41.9 Å². The zero-order chi connectivity index (χ0) is 12.5. The van der Waals surface area contributed by atoms with Crippen LogP contribution in [0.4, 0.5) is 0 Å². The van der Waals surface area contributed by atoms with Crippen LogP contribution in [-0.2, 0) is 6.42 Å². The maximum atomic E-state index is 9.95. The molecule has 0 bridgehead atoms. The lowest BCUT2D eigenvalue weighted by Gasteiger charge is -2.22. The van der Waals surface area contributed by atoms with Crippen molar-refractivity contribution in [3.05, 3.63) is 58.6 Å². The first-order valence-electron chi connectivity index (χ1n) is 6.31. The minimum absolute atomic E-state index is 0.290. The molecule has 1 atom stereocenters. The maximum Gasteiger partial charge on any atom is 0.0792 e. The molecular weight excluding hydrogens is 244 g/mol. The maximum absolute atomic E-state index is 9.95. The van der Waals surface area contributed by atoms with Gasteiger partial charge in [0.2, 0.25) is 0 Å².